The minimum atomic E-state index is -0.287. The van der Waals surface area contributed by atoms with Crippen molar-refractivity contribution < 1.29 is 18.7 Å². The maximum absolute atomic E-state index is 13.1. The fourth-order valence-electron chi connectivity index (χ4n) is 3.40. The lowest BCUT2D eigenvalue weighted by atomic mass is 10.1. The van der Waals surface area contributed by atoms with E-state index in [-0.39, 0.29) is 18.3 Å². The molecule has 168 valence electrons. The molecule has 33 heavy (non-hydrogen) atoms. The summed E-state index contributed by atoms with van der Waals surface area (Å²) in [5, 5.41) is 3.36. The molecule has 0 unspecified atom stereocenters. The molecule has 1 aliphatic rings. The Morgan fingerprint density at radius 1 is 1.00 bits per heavy atom. The van der Waals surface area contributed by atoms with E-state index in [0.29, 0.717) is 21.6 Å². The van der Waals surface area contributed by atoms with Crippen molar-refractivity contribution in [2.75, 3.05) is 7.11 Å². The molecule has 1 N–H and O–H groups in total. The van der Waals surface area contributed by atoms with Gasteiger partial charge in [-0.05, 0) is 90.3 Å². The fourth-order valence-corrected chi connectivity index (χ4v) is 4.24. The molecule has 0 aromatic heterocycles. The van der Waals surface area contributed by atoms with Crippen LogP contribution < -0.4 is 14.8 Å². The van der Waals surface area contributed by atoms with E-state index in [1.165, 1.54) is 23.9 Å². The number of benzene rings is 3. The van der Waals surface area contributed by atoms with Gasteiger partial charge in [0.05, 0.1) is 17.7 Å². The summed E-state index contributed by atoms with van der Waals surface area (Å²) in [6.45, 7) is 4.32. The van der Waals surface area contributed by atoms with Gasteiger partial charge < -0.3 is 14.8 Å². The molecule has 5 nitrogen and oxygen atoms in total. The smallest absolute Gasteiger partial charge is 0.264 e. The molecule has 0 saturated carbocycles. The second kappa shape index (κ2) is 9.92. The summed E-state index contributed by atoms with van der Waals surface area (Å²) in [5.74, 6) is 0.618. The Bertz CT molecular complexity index is 1230. The Morgan fingerprint density at radius 2 is 1.73 bits per heavy atom. The molecule has 0 bridgehead atoms. The summed E-state index contributed by atoms with van der Waals surface area (Å²) in [5.41, 5.74) is 4.69. The number of hydrogen-bond donors (Lipinski definition) is 1. The molecule has 7 heteroatoms. The summed E-state index contributed by atoms with van der Waals surface area (Å²) < 4.78 is 24.4. The highest BCUT2D eigenvalue weighted by Gasteiger charge is 2.24. The van der Waals surface area contributed by atoms with Crippen LogP contribution in [0.5, 0.6) is 11.5 Å². The van der Waals surface area contributed by atoms with E-state index in [4.69, 9.17) is 9.47 Å². The molecule has 1 heterocycles. The molecule has 1 aliphatic heterocycles. The normalized spacial score (nSPS) is 15.7. The highest BCUT2D eigenvalue weighted by molar-refractivity contribution is 8.18. The maximum Gasteiger partial charge on any atom is 0.264 e. The lowest BCUT2D eigenvalue weighted by Crippen LogP contribution is -2.19. The number of carbonyl (C=O) groups excluding carboxylic acids is 1. The van der Waals surface area contributed by atoms with E-state index in [1.54, 1.807) is 37.5 Å². The van der Waals surface area contributed by atoms with Crippen molar-refractivity contribution in [3.8, 4) is 11.5 Å². The average Bonchev–Trinajstić information content (AvgIpc) is 3.11. The van der Waals surface area contributed by atoms with E-state index in [1.807, 2.05) is 32.0 Å². The molecule has 1 fully saturated rings. The summed E-state index contributed by atoms with van der Waals surface area (Å²) in [6, 6.07) is 17.6. The van der Waals surface area contributed by atoms with Gasteiger partial charge in [-0.25, -0.2) is 9.38 Å². The van der Waals surface area contributed by atoms with Crippen molar-refractivity contribution in [1.82, 2.24) is 5.32 Å². The quantitative estimate of drug-likeness (QED) is 0.462. The van der Waals surface area contributed by atoms with Gasteiger partial charge in [-0.3, -0.25) is 4.79 Å². The third kappa shape index (κ3) is 5.81. The molecule has 0 spiro atoms. The SMILES string of the molecule is COc1cc(C=C2SC(=Nc3cc(C)cc(C)c3)NC2=O)ccc1OCc1ccc(F)cc1. The first-order chi connectivity index (χ1) is 15.9. The molecule has 1 amide bonds. The van der Waals surface area contributed by atoms with Crippen molar-refractivity contribution in [3.63, 3.8) is 0 Å². The Hall–Kier alpha value is -3.58. The topological polar surface area (TPSA) is 59.9 Å². The van der Waals surface area contributed by atoms with Crippen LogP contribution in [0, 0.1) is 19.7 Å². The minimum Gasteiger partial charge on any atom is -0.493 e. The Balaban J connectivity index is 1.49. The first kappa shape index (κ1) is 22.6. The van der Waals surface area contributed by atoms with Crippen molar-refractivity contribution in [3.05, 3.63) is 93.6 Å². The van der Waals surface area contributed by atoms with E-state index in [0.717, 1.165) is 27.9 Å². The van der Waals surface area contributed by atoms with Gasteiger partial charge in [-0.1, -0.05) is 24.3 Å². The zero-order valence-corrected chi connectivity index (χ0v) is 19.3. The van der Waals surface area contributed by atoms with Crippen molar-refractivity contribution in [2.45, 2.75) is 20.5 Å². The van der Waals surface area contributed by atoms with Crippen LogP contribution in [0.15, 0.2) is 70.6 Å². The number of ether oxygens (including phenoxy) is 2. The van der Waals surface area contributed by atoms with Crippen LogP contribution in [0.4, 0.5) is 10.1 Å². The van der Waals surface area contributed by atoms with Crippen molar-refractivity contribution >= 4 is 34.6 Å². The number of nitrogens with zero attached hydrogens (tertiary/aromatic N) is 1. The number of carbonyl (C=O) groups is 1. The summed E-state index contributed by atoms with van der Waals surface area (Å²) in [7, 11) is 1.56. The number of amides is 1. The fraction of sp³-hybridized carbons (Fsp3) is 0.154. The van der Waals surface area contributed by atoms with E-state index in [9.17, 15) is 9.18 Å². The summed E-state index contributed by atoms with van der Waals surface area (Å²) >= 11 is 1.29. The van der Waals surface area contributed by atoms with Gasteiger partial charge in [0.15, 0.2) is 16.7 Å². The zero-order chi connectivity index (χ0) is 23.4. The van der Waals surface area contributed by atoms with Gasteiger partial charge >= 0.3 is 0 Å². The highest BCUT2D eigenvalue weighted by Crippen LogP contribution is 2.33. The van der Waals surface area contributed by atoms with Crippen molar-refractivity contribution in [2.24, 2.45) is 4.99 Å². The second-order valence-corrected chi connectivity index (χ2v) is 8.68. The lowest BCUT2D eigenvalue weighted by Gasteiger charge is -2.11. The number of thioether (sulfide) groups is 1. The predicted octanol–water partition coefficient (Wildman–Crippen LogP) is 5.92. The number of amidine groups is 1. The van der Waals surface area contributed by atoms with Gasteiger partial charge in [0.2, 0.25) is 0 Å². The Kier molecular flexibility index (Phi) is 6.79. The molecule has 3 aromatic carbocycles. The van der Waals surface area contributed by atoms with E-state index in [2.05, 4.69) is 16.4 Å². The van der Waals surface area contributed by atoms with Crippen molar-refractivity contribution in [1.29, 1.82) is 0 Å². The number of halogens is 1. The molecule has 0 radical (unpaired) electrons. The van der Waals surface area contributed by atoms with E-state index < -0.39 is 0 Å². The van der Waals surface area contributed by atoms with Gasteiger partial charge in [0, 0.05) is 0 Å². The van der Waals surface area contributed by atoms with Crippen LogP contribution in [0.2, 0.25) is 0 Å². The number of nitrogens with one attached hydrogen (secondary N) is 1. The first-order valence-corrected chi connectivity index (χ1v) is 11.1. The minimum absolute atomic E-state index is 0.196. The number of methoxy groups -OCH3 is 1. The van der Waals surface area contributed by atoms with E-state index >= 15 is 0 Å². The second-order valence-electron chi connectivity index (χ2n) is 7.65. The number of hydrogen-bond acceptors (Lipinski definition) is 5. The molecule has 0 aliphatic carbocycles. The first-order valence-electron chi connectivity index (χ1n) is 10.3. The maximum atomic E-state index is 13.1. The highest BCUT2D eigenvalue weighted by atomic mass is 32.2. The van der Waals surface area contributed by atoms with Gasteiger partial charge in [-0.15, -0.1) is 0 Å². The molecule has 1 saturated heterocycles. The largest absolute Gasteiger partial charge is 0.493 e. The third-order valence-corrected chi connectivity index (χ3v) is 5.79. The number of rotatable bonds is 6. The number of aliphatic imine (C=N–C) groups is 1. The van der Waals surface area contributed by atoms with Crippen LogP contribution in [-0.2, 0) is 11.4 Å². The lowest BCUT2D eigenvalue weighted by molar-refractivity contribution is -0.115. The van der Waals surface area contributed by atoms with Crippen LogP contribution in [-0.4, -0.2) is 18.2 Å². The molecular weight excluding hydrogens is 439 g/mol. The molecule has 0 atom stereocenters. The van der Waals surface area contributed by atoms with Crippen LogP contribution in [0.1, 0.15) is 22.3 Å². The summed E-state index contributed by atoms with van der Waals surface area (Å²) in [4.78, 5) is 17.6. The monoisotopic (exact) mass is 462 g/mol. The van der Waals surface area contributed by atoms with Gasteiger partial charge in [0.25, 0.3) is 5.91 Å². The zero-order valence-electron chi connectivity index (χ0n) is 18.5. The average molecular weight is 463 g/mol. The standard InChI is InChI=1S/C26H23FN2O3S/c1-16-10-17(2)12-21(11-16)28-26-29-25(30)24(33-26)14-19-6-9-22(23(13-19)31-3)32-15-18-4-7-20(27)8-5-18/h4-14H,15H2,1-3H3,(H,28,29,30). The van der Waals surface area contributed by atoms with Crippen LogP contribution in [0.25, 0.3) is 6.08 Å². The molecular formula is C26H23FN2O3S. The third-order valence-electron chi connectivity index (χ3n) is 4.88. The predicted molar refractivity (Wildman–Crippen MR) is 130 cm³/mol. The van der Waals surface area contributed by atoms with Crippen LogP contribution in [0.3, 0.4) is 0 Å². The van der Waals surface area contributed by atoms with Gasteiger partial charge in [0.1, 0.15) is 12.4 Å². The van der Waals surface area contributed by atoms with Gasteiger partial charge in [-0.2, -0.15) is 0 Å². The Labute approximate surface area is 196 Å². The Morgan fingerprint density at radius 3 is 2.42 bits per heavy atom. The number of aryl methyl sites for hydroxylation is 2. The van der Waals surface area contributed by atoms with Crippen LogP contribution >= 0.6 is 11.8 Å². The molecule has 4 rings (SSSR count). The molecule has 3 aromatic rings. The summed E-state index contributed by atoms with van der Waals surface area (Å²) in [6.07, 6.45) is 1.79.